The van der Waals surface area contributed by atoms with Gasteiger partial charge in [-0.2, -0.15) is 0 Å². The minimum atomic E-state index is -0.755. The molecule has 2 unspecified atom stereocenters. The third kappa shape index (κ3) is 7.88. The topological polar surface area (TPSA) is 55.8 Å². The SMILES string of the molecule is CC(=CCCC(CCl)OC1CCCCO1)CCC(=O)O. The smallest absolute Gasteiger partial charge is 0.303 e. The number of carbonyl (C=O) groups is 1. The van der Waals surface area contributed by atoms with Crippen LogP contribution in [0, 0.1) is 0 Å². The second kappa shape index (κ2) is 10.2. The molecule has 2 atom stereocenters. The molecule has 1 rings (SSSR count). The van der Waals surface area contributed by atoms with Gasteiger partial charge < -0.3 is 14.6 Å². The van der Waals surface area contributed by atoms with Crippen LogP contribution in [0.15, 0.2) is 11.6 Å². The molecule has 0 radical (unpaired) electrons. The van der Waals surface area contributed by atoms with Crippen LogP contribution in [0.3, 0.4) is 0 Å². The summed E-state index contributed by atoms with van der Waals surface area (Å²) in [7, 11) is 0. The molecule has 0 aromatic heterocycles. The summed E-state index contributed by atoms with van der Waals surface area (Å²) in [6.07, 6.45) is 7.66. The molecule has 116 valence electrons. The van der Waals surface area contributed by atoms with Crippen molar-refractivity contribution < 1.29 is 19.4 Å². The van der Waals surface area contributed by atoms with Crippen LogP contribution in [0.4, 0.5) is 0 Å². The van der Waals surface area contributed by atoms with Crippen molar-refractivity contribution in [2.24, 2.45) is 0 Å². The van der Waals surface area contributed by atoms with E-state index in [-0.39, 0.29) is 18.8 Å². The van der Waals surface area contributed by atoms with Gasteiger partial charge in [-0.1, -0.05) is 11.6 Å². The van der Waals surface area contributed by atoms with Crippen LogP contribution in [0.1, 0.15) is 51.9 Å². The van der Waals surface area contributed by atoms with Crippen molar-refractivity contribution in [1.82, 2.24) is 0 Å². The highest BCUT2D eigenvalue weighted by atomic mass is 35.5. The summed E-state index contributed by atoms with van der Waals surface area (Å²) in [6, 6.07) is 0. The van der Waals surface area contributed by atoms with E-state index in [4.69, 9.17) is 26.2 Å². The van der Waals surface area contributed by atoms with Crippen LogP contribution < -0.4 is 0 Å². The zero-order chi connectivity index (χ0) is 14.8. The number of halogens is 1. The Morgan fingerprint density at radius 3 is 2.90 bits per heavy atom. The number of ether oxygens (including phenoxy) is 2. The van der Waals surface area contributed by atoms with Crippen molar-refractivity contribution in [3.63, 3.8) is 0 Å². The molecule has 1 aliphatic rings. The molecule has 1 N–H and O–H groups in total. The van der Waals surface area contributed by atoms with Crippen molar-refractivity contribution in [1.29, 1.82) is 0 Å². The fourth-order valence-corrected chi connectivity index (χ4v) is 2.36. The number of hydrogen-bond acceptors (Lipinski definition) is 3. The van der Waals surface area contributed by atoms with Crippen LogP contribution in [0.25, 0.3) is 0 Å². The number of alkyl halides is 1. The highest BCUT2D eigenvalue weighted by Crippen LogP contribution is 2.18. The summed E-state index contributed by atoms with van der Waals surface area (Å²) < 4.78 is 11.4. The van der Waals surface area contributed by atoms with Gasteiger partial charge in [-0.05, 0) is 45.4 Å². The van der Waals surface area contributed by atoms with E-state index in [1.54, 1.807) is 0 Å². The summed E-state index contributed by atoms with van der Waals surface area (Å²) in [4.78, 5) is 10.5. The Kier molecular flexibility index (Phi) is 8.90. The molecule has 0 aromatic rings. The fraction of sp³-hybridized carbons (Fsp3) is 0.800. The van der Waals surface area contributed by atoms with Crippen molar-refractivity contribution in [3.8, 4) is 0 Å². The van der Waals surface area contributed by atoms with Crippen molar-refractivity contribution >= 4 is 17.6 Å². The van der Waals surface area contributed by atoms with E-state index >= 15 is 0 Å². The van der Waals surface area contributed by atoms with Crippen LogP contribution in [0.5, 0.6) is 0 Å². The number of hydrogen-bond donors (Lipinski definition) is 1. The quantitative estimate of drug-likeness (QED) is 0.521. The maximum atomic E-state index is 10.5. The monoisotopic (exact) mass is 304 g/mol. The van der Waals surface area contributed by atoms with E-state index in [0.717, 1.165) is 44.3 Å². The number of aliphatic carboxylic acids is 1. The molecule has 1 fully saturated rings. The number of rotatable bonds is 9. The van der Waals surface area contributed by atoms with Gasteiger partial charge in [-0.15, -0.1) is 11.6 Å². The van der Waals surface area contributed by atoms with Gasteiger partial charge in [0.1, 0.15) is 0 Å². The predicted octanol–water partition coefficient (Wildman–Crippen LogP) is 3.73. The van der Waals surface area contributed by atoms with Crippen LogP contribution in [-0.2, 0) is 14.3 Å². The van der Waals surface area contributed by atoms with Gasteiger partial charge in [-0.25, -0.2) is 0 Å². The van der Waals surface area contributed by atoms with Crippen LogP contribution in [0.2, 0.25) is 0 Å². The van der Waals surface area contributed by atoms with E-state index < -0.39 is 5.97 Å². The lowest BCUT2D eigenvalue weighted by molar-refractivity contribution is -0.184. The highest BCUT2D eigenvalue weighted by molar-refractivity contribution is 6.18. The Labute approximate surface area is 126 Å². The second-order valence-electron chi connectivity index (χ2n) is 5.23. The van der Waals surface area contributed by atoms with E-state index in [1.807, 2.05) is 6.92 Å². The molecular weight excluding hydrogens is 280 g/mol. The Morgan fingerprint density at radius 2 is 2.30 bits per heavy atom. The van der Waals surface area contributed by atoms with Crippen LogP contribution in [-0.4, -0.2) is 36.0 Å². The summed E-state index contributed by atoms with van der Waals surface area (Å²) in [5, 5.41) is 8.62. The average Bonchev–Trinajstić information content (AvgIpc) is 2.45. The molecule has 1 aliphatic heterocycles. The van der Waals surface area contributed by atoms with Crippen molar-refractivity contribution in [2.45, 2.75) is 64.3 Å². The zero-order valence-electron chi connectivity index (χ0n) is 12.1. The lowest BCUT2D eigenvalue weighted by Crippen LogP contribution is -2.28. The molecule has 1 heterocycles. The van der Waals surface area contributed by atoms with Gasteiger partial charge >= 0.3 is 5.97 Å². The molecule has 1 saturated heterocycles. The molecule has 0 saturated carbocycles. The molecule has 0 amide bonds. The van der Waals surface area contributed by atoms with Gasteiger partial charge in [0.05, 0.1) is 6.10 Å². The van der Waals surface area contributed by atoms with E-state index in [1.165, 1.54) is 0 Å². The predicted molar refractivity (Wildman–Crippen MR) is 79.0 cm³/mol. The van der Waals surface area contributed by atoms with Crippen molar-refractivity contribution in [3.05, 3.63) is 11.6 Å². The maximum absolute atomic E-state index is 10.5. The van der Waals surface area contributed by atoms with Crippen LogP contribution >= 0.6 is 11.6 Å². The Balaban J connectivity index is 2.22. The minimum Gasteiger partial charge on any atom is -0.481 e. The molecule has 5 heteroatoms. The Hall–Kier alpha value is -0.580. The van der Waals surface area contributed by atoms with Gasteiger partial charge in [0, 0.05) is 18.9 Å². The largest absolute Gasteiger partial charge is 0.481 e. The molecule has 4 nitrogen and oxygen atoms in total. The molecular formula is C15H25ClO4. The average molecular weight is 305 g/mol. The van der Waals surface area contributed by atoms with Gasteiger partial charge in [0.15, 0.2) is 6.29 Å². The first-order chi connectivity index (χ1) is 9.61. The van der Waals surface area contributed by atoms with Crippen molar-refractivity contribution in [2.75, 3.05) is 12.5 Å². The first kappa shape index (κ1) is 17.5. The maximum Gasteiger partial charge on any atom is 0.303 e. The number of allylic oxidation sites excluding steroid dienone is 2. The standard InChI is InChI=1S/C15H25ClO4/c1-12(8-9-14(17)18)5-4-6-13(11-16)20-15-7-2-3-10-19-15/h5,13,15H,2-4,6-11H2,1H3,(H,17,18). The summed E-state index contributed by atoms with van der Waals surface area (Å²) in [6.45, 7) is 2.73. The molecule has 0 spiro atoms. The minimum absolute atomic E-state index is 0.00305. The third-order valence-corrected chi connectivity index (χ3v) is 3.71. The van der Waals surface area contributed by atoms with Gasteiger partial charge in [-0.3, -0.25) is 4.79 Å². The number of carboxylic acid groups (broad SMARTS) is 1. The molecule has 20 heavy (non-hydrogen) atoms. The molecule has 0 bridgehead atoms. The zero-order valence-corrected chi connectivity index (χ0v) is 12.9. The Morgan fingerprint density at radius 1 is 1.50 bits per heavy atom. The van der Waals surface area contributed by atoms with E-state index in [2.05, 4.69) is 6.08 Å². The second-order valence-corrected chi connectivity index (χ2v) is 5.54. The summed E-state index contributed by atoms with van der Waals surface area (Å²) in [5.41, 5.74) is 1.11. The summed E-state index contributed by atoms with van der Waals surface area (Å²) in [5.74, 6) is -0.295. The summed E-state index contributed by atoms with van der Waals surface area (Å²) >= 11 is 5.93. The lowest BCUT2D eigenvalue weighted by atomic mass is 10.1. The normalized spacial score (nSPS) is 21.7. The van der Waals surface area contributed by atoms with Gasteiger partial charge in [0.25, 0.3) is 0 Å². The van der Waals surface area contributed by atoms with E-state index in [0.29, 0.717) is 12.3 Å². The first-order valence-electron chi connectivity index (χ1n) is 7.32. The number of carboxylic acids is 1. The molecule has 0 aliphatic carbocycles. The van der Waals surface area contributed by atoms with E-state index in [9.17, 15) is 4.79 Å². The lowest BCUT2D eigenvalue weighted by Gasteiger charge is -2.26. The third-order valence-electron chi connectivity index (χ3n) is 3.37. The first-order valence-corrected chi connectivity index (χ1v) is 7.85. The highest BCUT2D eigenvalue weighted by Gasteiger charge is 2.18. The Bertz CT molecular complexity index is 311. The fourth-order valence-electron chi connectivity index (χ4n) is 2.14. The van der Waals surface area contributed by atoms with Gasteiger partial charge in [0.2, 0.25) is 0 Å². The molecule has 0 aromatic carbocycles.